The molecule has 4 rings (SSSR count). The van der Waals surface area contributed by atoms with Gasteiger partial charge in [0, 0.05) is 23.2 Å². The Bertz CT molecular complexity index is 927. The van der Waals surface area contributed by atoms with Crippen LogP contribution in [0.2, 0.25) is 5.02 Å². The van der Waals surface area contributed by atoms with Crippen LogP contribution in [0.1, 0.15) is 19.8 Å². The van der Waals surface area contributed by atoms with Crippen LogP contribution in [0, 0.1) is 0 Å². The molecule has 1 fully saturated rings. The van der Waals surface area contributed by atoms with Crippen molar-refractivity contribution in [3.63, 3.8) is 0 Å². The molecule has 3 heterocycles. The van der Waals surface area contributed by atoms with Gasteiger partial charge in [0.15, 0.2) is 0 Å². The van der Waals surface area contributed by atoms with Gasteiger partial charge in [-0.3, -0.25) is 4.40 Å². The molecule has 7 nitrogen and oxygen atoms in total. The quantitative estimate of drug-likeness (QED) is 0.732. The van der Waals surface area contributed by atoms with Gasteiger partial charge in [0.25, 0.3) is 0 Å². The first-order valence-electron chi connectivity index (χ1n) is 8.82. The number of phenols is 1. The third-order valence-corrected chi connectivity index (χ3v) is 5.09. The molecular formula is C18H21ClN6O. The Morgan fingerprint density at radius 2 is 2.23 bits per heavy atom. The summed E-state index contributed by atoms with van der Waals surface area (Å²) < 4.78 is 1.88. The van der Waals surface area contributed by atoms with Gasteiger partial charge in [0.05, 0.1) is 11.7 Å². The molecule has 8 heteroatoms. The number of nitrogens with zero attached hydrogens (tertiary/aromatic N) is 5. The number of benzene rings is 1. The summed E-state index contributed by atoms with van der Waals surface area (Å²) in [6.07, 6.45) is 5.71. The largest absolute Gasteiger partial charge is 0.507 e. The van der Waals surface area contributed by atoms with E-state index in [9.17, 15) is 5.11 Å². The first-order chi connectivity index (χ1) is 12.7. The number of anilines is 1. The number of halogens is 1. The standard InChI is InChI=1S/C18H21ClN6O/c1-2-24-7-3-4-13(10-24)21-18-23-22-17(15-9-20-11-25(15)18)14-6-5-12(19)8-16(14)26/h5-6,8-9,11,13,26H,2-4,7,10H2,1H3,(H,21,23)/t13-/m1/s1. The van der Waals surface area contributed by atoms with Crippen molar-refractivity contribution in [1.82, 2.24) is 24.5 Å². The van der Waals surface area contributed by atoms with Gasteiger partial charge in [-0.15, -0.1) is 10.2 Å². The predicted molar refractivity (Wildman–Crippen MR) is 102 cm³/mol. The maximum Gasteiger partial charge on any atom is 0.229 e. The number of piperidine rings is 1. The van der Waals surface area contributed by atoms with Crippen molar-refractivity contribution in [3.8, 4) is 17.0 Å². The van der Waals surface area contributed by atoms with Crippen molar-refractivity contribution in [2.24, 2.45) is 0 Å². The molecule has 0 saturated carbocycles. The average Bonchev–Trinajstić information content (AvgIpc) is 3.13. The van der Waals surface area contributed by atoms with E-state index in [4.69, 9.17) is 11.6 Å². The van der Waals surface area contributed by atoms with Crippen LogP contribution < -0.4 is 5.32 Å². The highest BCUT2D eigenvalue weighted by Gasteiger charge is 2.21. The zero-order chi connectivity index (χ0) is 18.1. The van der Waals surface area contributed by atoms with Crippen LogP contribution in [-0.2, 0) is 0 Å². The van der Waals surface area contributed by atoms with Crippen molar-refractivity contribution in [3.05, 3.63) is 35.7 Å². The van der Waals surface area contributed by atoms with Gasteiger partial charge in [-0.25, -0.2) is 4.98 Å². The zero-order valence-electron chi connectivity index (χ0n) is 14.6. The second-order valence-electron chi connectivity index (χ2n) is 6.56. The number of aromatic nitrogens is 4. The van der Waals surface area contributed by atoms with Crippen LogP contribution in [0.4, 0.5) is 5.95 Å². The average molecular weight is 373 g/mol. The van der Waals surface area contributed by atoms with E-state index >= 15 is 0 Å². The second kappa shape index (κ2) is 7.09. The molecule has 2 aromatic heterocycles. The summed E-state index contributed by atoms with van der Waals surface area (Å²) in [5.41, 5.74) is 1.93. The Balaban J connectivity index is 1.68. The molecule has 26 heavy (non-hydrogen) atoms. The molecule has 0 bridgehead atoms. The number of nitrogens with one attached hydrogen (secondary N) is 1. The van der Waals surface area contributed by atoms with Crippen molar-refractivity contribution in [2.45, 2.75) is 25.8 Å². The minimum absolute atomic E-state index is 0.0708. The van der Waals surface area contributed by atoms with Crippen molar-refractivity contribution < 1.29 is 5.11 Å². The number of hydrogen-bond acceptors (Lipinski definition) is 6. The highest BCUT2D eigenvalue weighted by Crippen LogP contribution is 2.33. The molecule has 1 atom stereocenters. The molecule has 0 amide bonds. The number of aromatic hydroxyl groups is 1. The lowest BCUT2D eigenvalue weighted by Gasteiger charge is -2.32. The van der Waals surface area contributed by atoms with Gasteiger partial charge in [0.2, 0.25) is 5.95 Å². The molecule has 0 radical (unpaired) electrons. The molecule has 1 aliphatic heterocycles. The first-order valence-corrected chi connectivity index (χ1v) is 9.20. The van der Waals surface area contributed by atoms with E-state index in [2.05, 4.69) is 32.3 Å². The topological polar surface area (TPSA) is 78.6 Å². The SMILES string of the molecule is CCN1CCC[C@@H](Nc2nnc(-c3ccc(Cl)cc3O)c3cncn23)C1. The van der Waals surface area contributed by atoms with Crippen molar-refractivity contribution in [1.29, 1.82) is 0 Å². The van der Waals surface area contributed by atoms with Gasteiger partial charge in [0.1, 0.15) is 17.8 Å². The molecule has 1 saturated heterocycles. The molecule has 0 spiro atoms. The van der Waals surface area contributed by atoms with Crippen molar-refractivity contribution >= 4 is 23.1 Å². The summed E-state index contributed by atoms with van der Waals surface area (Å²) in [4.78, 5) is 6.67. The van der Waals surface area contributed by atoms with Gasteiger partial charge in [-0.2, -0.15) is 0 Å². The molecule has 3 aromatic rings. The minimum atomic E-state index is 0.0708. The Morgan fingerprint density at radius 3 is 3.04 bits per heavy atom. The molecule has 0 unspecified atom stereocenters. The van der Waals surface area contributed by atoms with Crippen LogP contribution in [0.3, 0.4) is 0 Å². The predicted octanol–water partition coefficient (Wildman–Crippen LogP) is 3.05. The number of imidazole rings is 1. The Morgan fingerprint density at radius 1 is 1.35 bits per heavy atom. The van der Waals surface area contributed by atoms with Crippen LogP contribution in [-0.4, -0.2) is 55.3 Å². The van der Waals surface area contributed by atoms with E-state index in [0.29, 0.717) is 28.3 Å². The highest BCUT2D eigenvalue weighted by molar-refractivity contribution is 6.30. The number of rotatable bonds is 4. The van der Waals surface area contributed by atoms with Crippen LogP contribution in [0.25, 0.3) is 16.8 Å². The smallest absolute Gasteiger partial charge is 0.229 e. The fourth-order valence-electron chi connectivity index (χ4n) is 3.47. The normalized spacial score (nSPS) is 18.3. The molecule has 1 aliphatic rings. The fraction of sp³-hybridized carbons (Fsp3) is 0.389. The number of likely N-dealkylation sites (N-methyl/N-ethyl adjacent to an activating group) is 1. The molecule has 0 aliphatic carbocycles. The Labute approximate surface area is 156 Å². The van der Waals surface area contributed by atoms with Gasteiger partial charge in [-0.05, 0) is 44.1 Å². The third kappa shape index (κ3) is 3.20. The fourth-order valence-corrected chi connectivity index (χ4v) is 3.64. The summed E-state index contributed by atoms with van der Waals surface area (Å²) in [5.74, 6) is 0.735. The van der Waals surface area contributed by atoms with E-state index in [1.807, 2.05) is 4.40 Å². The first kappa shape index (κ1) is 17.1. The monoisotopic (exact) mass is 372 g/mol. The lowest BCUT2D eigenvalue weighted by Crippen LogP contribution is -2.42. The van der Waals surface area contributed by atoms with Gasteiger partial charge < -0.3 is 15.3 Å². The summed E-state index contributed by atoms with van der Waals surface area (Å²) in [6, 6.07) is 5.29. The van der Waals surface area contributed by atoms with E-state index in [1.165, 1.54) is 12.5 Å². The molecule has 1 aromatic carbocycles. The van der Waals surface area contributed by atoms with Crippen LogP contribution in [0.15, 0.2) is 30.7 Å². The lowest BCUT2D eigenvalue weighted by molar-refractivity contribution is 0.226. The zero-order valence-corrected chi connectivity index (χ0v) is 15.3. The maximum atomic E-state index is 10.2. The molecular weight excluding hydrogens is 352 g/mol. The van der Waals surface area contributed by atoms with E-state index in [1.54, 1.807) is 24.7 Å². The number of fused-ring (bicyclic) bond motifs is 1. The molecule has 2 N–H and O–H groups in total. The summed E-state index contributed by atoms with van der Waals surface area (Å²) in [6.45, 7) is 5.38. The summed E-state index contributed by atoms with van der Waals surface area (Å²) in [5, 5.41) is 22.9. The number of hydrogen-bond donors (Lipinski definition) is 2. The Kier molecular flexibility index (Phi) is 4.65. The van der Waals surface area contributed by atoms with Crippen molar-refractivity contribution in [2.75, 3.05) is 25.0 Å². The van der Waals surface area contributed by atoms with Crippen LogP contribution >= 0.6 is 11.6 Å². The maximum absolute atomic E-state index is 10.2. The number of likely N-dealkylation sites (tertiary alicyclic amines) is 1. The third-order valence-electron chi connectivity index (χ3n) is 4.85. The molecule has 136 valence electrons. The number of phenolic OH excluding ortho intramolecular Hbond substituents is 1. The summed E-state index contributed by atoms with van der Waals surface area (Å²) in [7, 11) is 0. The van der Waals surface area contributed by atoms with E-state index in [-0.39, 0.29) is 5.75 Å². The van der Waals surface area contributed by atoms with Gasteiger partial charge in [-0.1, -0.05) is 18.5 Å². The van der Waals surface area contributed by atoms with Crippen LogP contribution in [0.5, 0.6) is 5.75 Å². The Hall–Kier alpha value is -2.38. The summed E-state index contributed by atoms with van der Waals surface area (Å²) >= 11 is 5.93. The second-order valence-corrected chi connectivity index (χ2v) is 7.00. The van der Waals surface area contributed by atoms with E-state index in [0.717, 1.165) is 31.6 Å². The minimum Gasteiger partial charge on any atom is -0.507 e. The lowest BCUT2D eigenvalue weighted by atomic mass is 10.1. The van der Waals surface area contributed by atoms with E-state index < -0.39 is 0 Å². The highest BCUT2D eigenvalue weighted by atomic mass is 35.5. The van der Waals surface area contributed by atoms with Gasteiger partial charge >= 0.3 is 0 Å².